The van der Waals surface area contributed by atoms with Gasteiger partial charge in [0.2, 0.25) is 0 Å². The van der Waals surface area contributed by atoms with Crippen molar-refractivity contribution in [2.75, 3.05) is 0 Å². The van der Waals surface area contributed by atoms with Crippen LogP contribution in [-0.4, -0.2) is 9.97 Å². The van der Waals surface area contributed by atoms with Gasteiger partial charge < -0.3 is 4.98 Å². The molecule has 2 nitrogen and oxygen atoms in total. The Morgan fingerprint density at radius 3 is 3.10 bits per heavy atom. The van der Waals surface area contributed by atoms with Gasteiger partial charge >= 0.3 is 0 Å². The highest BCUT2D eigenvalue weighted by Gasteiger charge is 1.96. The van der Waals surface area contributed by atoms with Crippen LogP contribution in [0.4, 0.5) is 0 Å². The van der Waals surface area contributed by atoms with Crippen LogP contribution in [0.3, 0.4) is 0 Å². The Bertz CT molecular complexity index is 223. The molecule has 0 saturated carbocycles. The second kappa shape index (κ2) is 3.20. The molecular weight excluding hydrogens is 124 g/mol. The van der Waals surface area contributed by atoms with Crippen LogP contribution < -0.4 is 0 Å². The fraction of sp³-hybridized carbons (Fsp3) is 0.375. The zero-order valence-corrected chi connectivity index (χ0v) is 6.39. The van der Waals surface area contributed by atoms with Crippen LogP contribution in [0.15, 0.2) is 12.4 Å². The summed E-state index contributed by atoms with van der Waals surface area (Å²) in [6.07, 6.45) is 6.75. The Hall–Kier alpha value is -1.05. The third-order valence-corrected chi connectivity index (χ3v) is 1.43. The van der Waals surface area contributed by atoms with Gasteiger partial charge in [-0.05, 0) is 19.4 Å². The lowest BCUT2D eigenvalue weighted by atomic mass is 10.2. The van der Waals surface area contributed by atoms with Crippen LogP contribution in [0.5, 0.6) is 0 Å². The molecule has 0 atom stereocenters. The third kappa shape index (κ3) is 1.26. The number of aryl methyl sites for hydroxylation is 1. The minimum Gasteiger partial charge on any atom is -0.348 e. The maximum absolute atomic E-state index is 4.13. The van der Waals surface area contributed by atoms with Gasteiger partial charge in [-0.2, -0.15) is 0 Å². The predicted octanol–water partition coefficient (Wildman–Crippen LogP) is 2.01. The molecule has 54 valence electrons. The van der Waals surface area contributed by atoms with E-state index in [1.807, 2.05) is 19.1 Å². The van der Waals surface area contributed by atoms with Crippen molar-refractivity contribution in [2.24, 2.45) is 0 Å². The smallest absolute Gasteiger partial charge is 0.0929 e. The van der Waals surface area contributed by atoms with E-state index in [4.69, 9.17) is 0 Å². The zero-order valence-electron chi connectivity index (χ0n) is 6.39. The van der Waals surface area contributed by atoms with Gasteiger partial charge in [0, 0.05) is 5.69 Å². The Morgan fingerprint density at radius 2 is 2.50 bits per heavy atom. The van der Waals surface area contributed by atoms with E-state index in [1.54, 1.807) is 6.33 Å². The van der Waals surface area contributed by atoms with Crippen molar-refractivity contribution in [3.05, 3.63) is 23.8 Å². The second-order valence-electron chi connectivity index (χ2n) is 2.12. The standard InChI is InChI=1S/C8H12N2/c1-3-5-8-7(4-2)9-6-10-8/h3,5-6H,4H2,1-2H3,(H,9,10)/b5-3-. The lowest BCUT2D eigenvalue weighted by Gasteiger charge is -1.89. The van der Waals surface area contributed by atoms with Gasteiger partial charge in [0.25, 0.3) is 0 Å². The first kappa shape index (κ1) is 7.06. The Kier molecular flexibility index (Phi) is 2.26. The number of H-pyrrole nitrogens is 1. The normalized spacial score (nSPS) is 11.0. The van der Waals surface area contributed by atoms with E-state index in [2.05, 4.69) is 16.9 Å². The van der Waals surface area contributed by atoms with Gasteiger partial charge in [-0.3, -0.25) is 0 Å². The lowest BCUT2D eigenvalue weighted by molar-refractivity contribution is 1.06. The molecule has 0 radical (unpaired) electrons. The van der Waals surface area contributed by atoms with Crippen LogP contribution in [0, 0.1) is 0 Å². The van der Waals surface area contributed by atoms with Crippen molar-refractivity contribution in [2.45, 2.75) is 20.3 Å². The summed E-state index contributed by atoms with van der Waals surface area (Å²) in [5.74, 6) is 0. The van der Waals surface area contributed by atoms with Crippen LogP contribution in [0.2, 0.25) is 0 Å². The van der Waals surface area contributed by atoms with Crippen molar-refractivity contribution in [3.8, 4) is 0 Å². The van der Waals surface area contributed by atoms with E-state index >= 15 is 0 Å². The van der Waals surface area contributed by atoms with Crippen molar-refractivity contribution in [1.29, 1.82) is 0 Å². The van der Waals surface area contributed by atoms with E-state index < -0.39 is 0 Å². The molecule has 0 aliphatic carbocycles. The molecule has 0 aliphatic rings. The van der Waals surface area contributed by atoms with Crippen LogP contribution in [0.1, 0.15) is 25.2 Å². The maximum atomic E-state index is 4.13. The summed E-state index contributed by atoms with van der Waals surface area (Å²) in [5.41, 5.74) is 2.27. The SMILES string of the molecule is C/C=C\c1nc[nH]c1CC. The highest BCUT2D eigenvalue weighted by Crippen LogP contribution is 2.04. The minimum atomic E-state index is 1.01. The molecule has 1 aromatic heterocycles. The number of aromatic nitrogens is 2. The first-order valence-corrected chi connectivity index (χ1v) is 3.53. The summed E-state index contributed by atoms with van der Waals surface area (Å²) in [7, 11) is 0. The fourth-order valence-corrected chi connectivity index (χ4v) is 0.916. The molecule has 1 rings (SSSR count). The number of aromatic amines is 1. The molecule has 2 heteroatoms. The van der Waals surface area contributed by atoms with E-state index in [9.17, 15) is 0 Å². The predicted molar refractivity (Wildman–Crippen MR) is 42.7 cm³/mol. The number of hydrogen-bond acceptors (Lipinski definition) is 1. The first-order valence-electron chi connectivity index (χ1n) is 3.53. The van der Waals surface area contributed by atoms with E-state index in [1.165, 1.54) is 5.69 Å². The van der Waals surface area contributed by atoms with Gasteiger partial charge in [0.1, 0.15) is 0 Å². The summed E-state index contributed by atoms with van der Waals surface area (Å²) in [6, 6.07) is 0. The summed E-state index contributed by atoms with van der Waals surface area (Å²) in [5, 5.41) is 0. The zero-order chi connectivity index (χ0) is 7.40. The van der Waals surface area contributed by atoms with Crippen LogP contribution in [-0.2, 0) is 6.42 Å². The third-order valence-electron chi connectivity index (χ3n) is 1.43. The second-order valence-corrected chi connectivity index (χ2v) is 2.12. The van der Waals surface area contributed by atoms with Gasteiger partial charge in [0.05, 0.1) is 12.0 Å². The molecule has 0 saturated heterocycles. The summed E-state index contributed by atoms with van der Waals surface area (Å²) < 4.78 is 0. The number of rotatable bonds is 2. The topological polar surface area (TPSA) is 28.7 Å². The van der Waals surface area contributed by atoms with E-state index in [0.29, 0.717) is 0 Å². The van der Waals surface area contributed by atoms with E-state index in [0.717, 1.165) is 12.1 Å². The number of nitrogens with one attached hydrogen (secondary N) is 1. The molecule has 1 N–H and O–H groups in total. The molecule has 0 amide bonds. The van der Waals surface area contributed by atoms with Crippen molar-refractivity contribution in [1.82, 2.24) is 9.97 Å². The molecule has 0 bridgehead atoms. The lowest BCUT2D eigenvalue weighted by Crippen LogP contribution is -1.82. The number of allylic oxidation sites excluding steroid dienone is 1. The van der Waals surface area contributed by atoms with Gasteiger partial charge in [-0.1, -0.05) is 13.0 Å². The Balaban J connectivity index is 2.90. The monoisotopic (exact) mass is 136 g/mol. The molecule has 0 spiro atoms. The average Bonchev–Trinajstić information content (AvgIpc) is 2.36. The van der Waals surface area contributed by atoms with Crippen LogP contribution >= 0.6 is 0 Å². The number of nitrogens with zero attached hydrogens (tertiary/aromatic N) is 1. The quantitative estimate of drug-likeness (QED) is 0.661. The first-order chi connectivity index (χ1) is 4.88. The minimum absolute atomic E-state index is 1.01. The van der Waals surface area contributed by atoms with Crippen molar-refractivity contribution < 1.29 is 0 Å². The van der Waals surface area contributed by atoms with Gasteiger partial charge in [-0.15, -0.1) is 0 Å². The molecule has 0 unspecified atom stereocenters. The number of imidazole rings is 1. The Labute approximate surface area is 61.0 Å². The average molecular weight is 136 g/mol. The van der Waals surface area contributed by atoms with E-state index in [-0.39, 0.29) is 0 Å². The molecule has 1 aromatic rings. The maximum Gasteiger partial charge on any atom is 0.0929 e. The van der Waals surface area contributed by atoms with Gasteiger partial charge in [0.15, 0.2) is 0 Å². The molecule has 1 heterocycles. The number of hydrogen-bond donors (Lipinski definition) is 1. The van der Waals surface area contributed by atoms with Crippen molar-refractivity contribution in [3.63, 3.8) is 0 Å². The van der Waals surface area contributed by atoms with Crippen LogP contribution in [0.25, 0.3) is 6.08 Å². The highest BCUT2D eigenvalue weighted by molar-refractivity contribution is 5.46. The molecule has 10 heavy (non-hydrogen) atoms. The molecule has 0 aliphatic heterocycles. The molecule has 0 aromatic carbocycles. The summed E-state index contributed by atoms with van der Waals surface area (Å²) >= 11 is 0. The largest absolute Gasteiger partial charge is 0.348 e. The summed E-state index contributed by atoms with van der Waals surface area (Å²) in [6.45, 7) is 4.11. The highest BCUT2D eigenvalue weighted by atomic mass is 14.9. The molecule has 0 fully saturated rings. The van der Waals surface area contributed by atoms with Crippen molar-refractivity contribution >= 4 is 6.08 Å². The Morgan fingerprint density at radius 1 is 1.70 bits per heavy atom. The fourth-order valence-electron chi connectivity index (χ4n) is 0.916. The molecular formula is C8H12N2. The summed E-state index contributed by atoms with van der Waals surface area (Å²) in [4.78, 5) is 7.21. The van der Waals surface area contributed by atoms with Gasteiger partial charge in [-0.25, -0.2) is 4.98 Å².